The van der Waals surface area contributed by atoms with E-state index in [2.05, 4.69) is 11.5 Å². The molecule has 0 rings (SSSR count). The summed E-state index contributed by atoms with van der Waals surface area (Å²) in [4.78, 5) is 9.22. The maximum atomic E-state index is 9.22. The van der Waals surface area contributed by atoms with Gasteiger partial charge in [0, 0.05) is 6.92 Å². The van der Waals surface area contributed by atoms with Crippen molar-refractivity contribution in [2.75, 3.05) is 7.05 Å². The number of rotatable bonds is 0. The summed E-state index contributed by atoms with van der Waals surface area (Å²) < 4.78 is 0. The zero-order valence-electron chi connectivity index (χ0n) is 6.64. The zero-order chi connectivity index (χ0) is 9.15. The number of amidine groups is 1. The number of carbonyl (C=O) groups excluding carboxylic acids is 1. The summed E-state index contributed by atoms with van der Waals surface area (Å²) in [5.74, 6) is -0.167. The van der Waals surface area contributed by atoms with E-state index in [1.54, 1.807) is 0 Å². The Morgan fingerprint density at radius 2 is 1.20 bits per heavy atom. The number of hydrogen-bond donors (Lipinski definition) is 4. The first-order valence-corrected chi connectivity index (χ1v) is 2.61. The quantitative estimate of drug-likeness (QED) is 0.261. The highest BCUT2D eigenvalue weighted by Gasteiger charge is 1.61. The molecule has 0 fully saturated rings. The zero-order valence-corrected chi connectivity index (χ0v) is 6.64. The van der Waals surface area contributed by atoms with Crippen LogP contribution in [0.5, 0.6) is 0 Å². The molecule has 0 saturated heterocycles. The molecule has 0 aliphatic heterocycles. The molecule has 0 heterocycles. The van der Waals surface area contributed by atoms with Crippen molar-refractivity contribution in [3.05, 3.63) is 0 Å². The van der Waals surface area contributed by atoms with E-state index in [0.717, 1.165) is 0 Å². The van der Waals surface area contributed by atoms with Crippen LogP contribution in [0.2, 0.25) is 0 Å². The van der Waals surface area contributed by atoms with Crippen LogP contribution in [0.15, 0.2) is 0 Å². The van der Waals surface area contributed by atoms with Gasteiger partial charge in [0.25, 0.3) is 0 Å². The second-order valence-corrected chi connectivity index (χ2v) is 1.29. The Morgan fingerprint density at radius 1 is 1.20 bits per heavy atom. The minimum Gasteiger partial charge on any atom is -0.388 e. The van der Waals surface area contributed by atoms with Crippen LogP contribution in [-0.2, 0) is 4.79 Å². The standard InChI is InChI=1S/C2H6N2.C2H5NO.CH5N/c2*1-2(3)4;1-2/h1H3,(H3,3,4);1H3,(H2,3,4);2H2,1H3. The van der Waals surface area contributed by atoms with Gasteiger partial charge in [0.2, 0.25) is 5.91 Å². The van der Waals surface area contributed by atoms with Crippen LogP contribution < -0.4 is 17.2 Å². The molecular formula is C5H16N4O. The van der Waals surface area contributed by atoms with Gasteiger partial charge in [-0.25, -0.2) is 0 Å². The molecule has 0 spiro atoms. The maximum absolute atomic E-state index is 9.22. The van der Waals surface area contributed by atoms with Crippen LogP contribution in [0.4, 0.5) is 0 Å². The van der Waals surface area contributed by atoms with Crippen LogP contribution in [0, 0.1) is 5.41 Å². The lowest BCUT2D eigenvalue weighted by molar-refractivity contribution is -0.115. The predicted octanol–water partition coefficient (Wildman–Crippen LogP) is -0.991. The average Bonchev–Trinajstić information content (AvgIpc) is 1.66. The lowest BCUT2D eigenvalue weighted by atomic mass is 10.8. The van der Waals surface area contributed by atoms with E-state index in [1.165, 1.54) is 20.9 Å². The van der Waals surface area contributed by atoms with Crippen molar-refractivity contribution in [1.82, 2.24) is 0 Å². The Labute approximate surface area is 61.1 Å². The lowest BCUT2D eigenvalue weighted by Crippen LogP contribution is -2.01. The molecule has 0 unspecified atom stereocenters. The molecule has 0 aromatic carbocycles. The SMILES string of the molecule is CC(=N)N.CC(N)=O.CN. The van der Waals surface area contributed by atoms with E-state index >= 15 is 0 Å². The lowest BCUT2D eigenvalue weighted by Gasteiger charge is -1.66. The van der Waals surface area contributed by atoms with Crippen LogP contribution in [0.1, 0.15) is 13.8 Å². The topological polar surface area (TPSA) is 119 Å². The number of nitrogens with one attached hydrogen (secondary N) is 1. The Morgan fingerprint density at radius 3 is 1.20 bits per heavy atom. The molecule has 1 amide bonds. The highest BCUT2D eigenvalue weighted by molar-refractivity contribution is 5.73. The summed E-state index contributed by atoms with van der Waals surface area (Å²) in [6, 6.07) is 0. The molecule has 0 aliphatic carbocycles. The van der Waals surface area contributed by atoms with Crippen molar-refractivity contribution in [3.8, 4) is 0 Å². The third kappa shape index (κ3) is 199. The Bertz CT molecular complexity index is 71.6. The fraction of sp³-hybridized carbons (Fsp3) is 0.600. The van der Waals surface area contributed by atoms with Gasteiger partial charge in [-0.2, -0.15) is 0 Å². The van der Waals surface area contributed by atoms with Crippen LogP contribution in [-0.4, -0.2) is 18.8 Å². The fourth-order valence-corrected chi connectivity index (χ4v) is 0. The van der Waals surface area contributed by atoms with Crippen molar-refractivity contribution < 1.29 is 4.79 Å². The first-order valence-electron chi connectivity index (χ1n) is 2.61. The summed E-state index contributed by atoms with van der Waals surface area (Å²) in [7, 11) is 1.50. The molecule has 0 aliphatic rings. The molecule has 0 radical (unpaired) electrons. The number of nitrogens with two attached hydrogens (primary N) is 3. The Kier molecular flexibility index (Phi) is 25.0. The van der Waals surface area contributed by atoms with E-state index in [0.29, 0.717) is 0 Å². The first kappa shape index (κ1) is 16.0. The molecule has 5 heteroatoms. The highest BCUT2D eigenvalue weighted by atomic mass is 16.1. The summed E-state index contributed by atoms with van der Waals surface area (Å²) in [5, 5.41) is 6.28. The van der Waals surface area contributed by atoms with Crippen molar-refractivity contribution in [2.45, 2.75) is 13.8 Å². The van der Waals surface area contributed by atoms with Crippen LogP contribution in [0.25, 0.3) is 0 Å². The van der Waals surface area contributed by atoms with Crippen LogP contribution in [0.3, 0.4) is 0 Å². The molecule has 0 aromatic heterocycles. The van der Waals surface area contributed by atoms with Gasteiger partial charge >= 0.3 is 0 Å². The fourth-order valence-electron chi connectivity index (χ4n) is 0. The second kappa shape index (κ2) is 15.7. The van der Waals surface area contributed by atoms with Gasteiger partial charge < -0.3 is 17.2 Å². The van der Waals surface area contributed by atoms with Gasteiger partial charge in [0.05, 0.1) is 5.84 Å². The normalized spacial score (nSPS) is 5.60. The molecular weight excluding hydrogens is 132 g/mol. The molecule has 0 bridgehead atoms. The van der Waals surface area contributed by atoms with Gasteiger partial charge in [0.15, 0.2) is 0 Å². The summed E-state index contributed by atoms with van der Waals surface area (Å²) >= 11 is 0. The molecule has 0 aromatic rings. The van der Waals surface area contributed by atoms with E-state index < -0.39 is 0 Å². The minimum absolute atomic E-state index is 0.167. The summed E-state index contributed by atoms with van der Waals surface area (Å²) in [5.41, 5.74) is 13.7. The Hall–Kier alpha value is -1.10. The van der Waals surface area contributed by atoms with Crippen molar-refractivity contribution >= 4 is 11.7 Å². The highest BCUT2D eigenvalue weighted by Crippen LogP contribution is 1.36. The Balaban J connectivity index is -0.0000000787. The number of carbonyl (C=O) groups is 1. The predicted molar refractivity (Wildman–Crippen MR) is 42.6 cm³/mol. The van der Waals surface area contributed by atoms with E-state index in [4.69, 9.17) is 11.1 Å². The largest absolute Gasteiger partial charge is 0.388 e. The van der Waals surface area contributed by atoms with Gasteiger partial charge in [-0.05, 0) is 14.0 Å². The molecule has 62 valence electrons. The molecule has 5 nitrogen and oxygen atoms in total. The molecule has 0 saturated carbocycles. The van der Waals surface area contributed by atoms with Crippen LogP contribution >= 0.6 is 0 Å². The summed E-state index contributed by atoms with van der Waals surface area (Å²) in [6.07, 6.45) is 0. The number of primary amides is 1. The molecule has 0 atom stereocenters. The first-order chi connectivity index (χ1) is 4.46. The van der Waals surface area contributed by atoms with E-state index in [9.17, 15) is 4.79 Å². The van der Waals surface area contributed by atoms with Crippen molar-refractivity contribution in [1.29, 1.82) is 5.41 Å². The van der Waals surface area contributed by atoms with Crippen molar-refractivity contribution in [3.63, 3.8) is 0 Å². The third-order valence-corrected chi connectivity index (χ3v) is 0. The third-order valence-electron chi connectivity index (χ3n) is 0. The average molecular weight is 148 g/mol. The monoisotopic (exact) mass is 148 g/mol. The van der Waals surface area contributed by atoms with Gasteiger partial charge in [0.1, 0.15) is 0 Å². The van der Waals surface area contributed by atoms with E-state index in [-0.39, 0.29) is 11.7 Å². The van der Waals surface area contributed by atoms with Gasteiger partial charge in [-0.1, -0.05) is 0 Å². The second-order valence-electron chi connectivity index (χ2n) is 1.29. The maximum Gasteiger partial charge on any atom is 0.214 e. The number of hydrogen-bond acceptors (Lipinski definition) is 3. The summed E-state index contributed by atoms with van der Waals surface area (Å²) in [6.45, 7) is 2.83. The number of amides is 1. The minimum atomic E-state index is -0.333. The van der Waals surface area contributed by atoms with E-state index in [1.807, 2.05) is 0 Å². The smallest absolute Gasteiger partial charge is 0.214 e. The molecule has 10 heavy (non-hydrogen) atoms. The van der Waals surface area contributed by atoms with Gasteiger partial charge in [-0.3, -0.25) is 10.2 Å². The van der Waals surface area contributed by atoms with Gasteiger partial charge in [-0.15, -0.1) is 0 Å². The van der Waals surface area contributed by atoms with Crippen molar-refractivity contribution in [2.24, 2.45) is 17.2 Å². The molecule has 7 N–H and O–H groups in total.